The average molecular weight is 299 g/mol. The molecular formula is C18H25N3O. The fraction of sp³-hybridized carbons (Fsp3) is 0.611. The Kier molecular flexibility index (Phi) is 5.09. The van der Waals surface area contributed by atoms with Gasteiger partial charge in [0.05, 0.1) is 24.3 Å². The first-order chi connectivity index (χ1) is 10.7. The van der Waals surface area contributed by atoms with Crippen LogP contribution in [0.15, 0.2) is 24.3 Å². The summed E-state index contributed by atoms with van der Waals surface area (Å²) in [7, 11) is 2.17. The third kappa shape index (κ3) is 4.54. The summed E-state index contributed by atoms with van der Waals surface area (Å²) in [4.78, 5) is 4.88. The average Bonchev–Trinajstić information content (AvgIpc) is 3.32. The van der Waals surface area contributed by atoms with E-state index in [0.29, 0.717) is 6.10 Å². The Morgan fingerprint density at radius 2 is 2.05 bits per heavy atom. The number of rotatable bonds is 6. The molecule has 0 radical (unpaired) electrons. The Labute approximate surface area is 133 Å². The van der Waals surface area contributed by atoms with E-state index in [-0.39, 0.29) is 0 Å². The van der Waals surface area contributed by atoms with Gasteiger partial charge in [0.2, 0.25) is 0 Å². The maximum Gasteiger partial charge on any atom is 0.0991 e. The molecule has 3 rings (SSSR count). The quantitative estimate of drug-likeness (QED) is 0.806. The van der Waals surface area contributed by atoms with Crippen molar-refractivity contribution in [2.24, 2.45) is 5.92 Å². The first-order valence-electron chi connectivity index (χ1n) is 8.24. The maximum atomic E-state index is 8.90. The van der Waals surface area contributed by atoms with Gasteiger partial charge in [-0.05, 0) is 43.5 Å². The summed E-state index contributed by atoms with van der Waals surface area (Å²) in [6.07, 6.45) is 3.06. The van der Waals surface area contributed by atoms with Crippen LogP contribution in [0.1, 0.15) is 24.0 Å². The van der Waals surface area contributed by atoms with Crippen LogP contribution >= 0.6 is 0 Å². The van der Waals surface area contributed by atoms with E-state index >= 15 is 0 Å². The van der Waals surface area contributed by atoms with Crippen molar-refractivity contribution in [2.75, 3.05) is 39.8 Å². The number of ether oxygens (including phenoxy) is 1. The van der Waals surface area contributed by atoms with E-state index in [0.717, 1.165) is 44.3 Å². The number of hydrogen-bond donors (Lipinski definition) is 0. The maximum absolute atomic E-state index is 8.90. The zero-order chi connectivity index (χ0) is 15.4. The predicted octanol–water partition coefficient (Wildman–Crippen LogP) is 2.10. The zero-order valence-corrected chi connectivity index (χ0v) is 13.4. The van der Waals surface area contributed by atoms with E-state index in [1.165, 1.54) is 24.9 Å². The lowest BCUT2D eigenvalue weighted by Gasteiger charge is -2.34. The molecule has 118 valence electrons. The molecule has 0 amide bonds. The molecule has 0 aromatic heterocycles. The molecule has 1 atom stereocenters. The molecule has 1 saturated heterocycles. The number of nitrogens with zero attached hydrogens (tertiary/aromatic N) is 3. The van der Waals surface area contributed by atoms with Crippen LogP contribution in [0, 0.1) is 17.2 Å². The molecular weight excluding hydrogens is 274 g/mol. The van der Waals surface area contributed by atoms with Crippen molar-refractivity contribution in [3.63, 3.8) is 0 Å². The third-order valence-electron chi connectivity index (χ3n) is 4.51. The SMILES string of the molecule is CN1CCOC(CN(Cc2ccc(C#N)cc2)CC2CC2)C1. The largest absolute Gasteiger partial charge is 0.374 e. The van der Waals surface area contributed by atoms with Crippen LogP contribution in [0.25, 0.3) is 0 Å². The molecule has 1 aliphatic heterocycles. The van der Waals surface area contributed by atoms with Gasteiger partial charge in [-0.15, -0.1) is 0 Å². The minimum Gasteiger partial charge on any atom is -0.374 e. The van der Waals surface area contributed by atoms with Crippen molar-refractivity contribution in [1.82, 2.24) is 9.80 Å². The lowest BCUT2D eigenvalue weighted by atomic mass is 10.1. The molecule has 1 aliphatic carbocycles. The van der Waals surface area contributed by atoms with Crippen LogP contribution in [0.2, 0.25) is 0 Å². The van der Waals surface area contributed by atoms with Crippen molar-refractivity contribution < 1.29 is 4.74 Å². The fourth-order valence-electron chi connectivity index (χ4n) is 3.08. The lowest BCUT2D eigenvalue weighted by Crippen LogP contribution is -2.46. The second-order valence-electron chi connectivity index (χ2n) is 6.70. The number of hydrogen-bond acceptors (Lipinski definition) is 4. The van der Waals surface area contributed by atoms with Gasteiger partial charge >= 0.3 is 0 Å². The molecule has 0 bridgehead atoms. The van der Waals surface area contributed by atoms with Crippen molar-refractivity contribution in [2.45, 2.75) is 25.5 Å². The lowest BCUT2D eigenvalue weighted by molar-refractivity contribution is -0.0372. The Hall–Kier alpha value is -1.41. The van der Waals surface area contributed by atoms with E-state index in [2.05, 4.69) is 35.0 Å². The van der Waals surface area contributed by atoms with Gasteiger partial charge in [0, 0.05) is 32.7 Å². The number of morpholine rings is 1. The van der Waals surface area contributed by atoms with Crippen molar-refractivity contribution in [3.05, 3.63) is 35.4 Å². The fourth-order valence-corrected chi connectivity index (χ4v) is 3.08. The Morgan fingerprint density at radius 1 is 1.27 bits per heavy atom. The molecule has 22 heavy (non-hydrogen) atoms. The topological polar surface area (TPSA) is 39.5 Å². The van der Waals surface area contributed by atoms with Gasteiger partial charge in [0.1, 0.15) is 0 Å². The highest BCUT2D eigenvalue weighted by atomic mass is 16.5. The smallest absolute Gasteiger partial charge is 0.0991 e. The molecule has 2 fully saturated rings. The highest BCUT2D eigenvalue weighted by molar-refractivity contribution is 5.31. The van der Waals surface area contributed by atoms with Crippen molar-refractivity contribution in [1.29, 1.82) is 5.26 Å². The molecule has 1 aromatic carbocycles. The molecule has 0 N–H and O–H groups in total. The van der Waals surface area contributed by atoms with Crippen LogP contribution in [0.3, 0.4) is 0 Å². The van der Waals surface area contributed by atoms with Crippen LogP contribution in [0.4, 0.5) is 0 Å². The zero-order valence-electron chi connectivity index (χ0n) is 13.4. The first-order valence-corrected chi connectivity index (χ1v) is 8.24. The molecule has 1 saturated carbocycles. The number of nitriles is 1. The van der Waals surface area contributed by atoms with Gasteiger partial charge in [-0.1, -0.05) is 12.1 Å². The van der Waals surface area contributed by atoms with E-state index in [1.807, 2.05) is 12.1 Å². The number of benzene rings is 1. The molecule has 4 heteroatoms. The Balaban J connectivity index is 1.59. The minimum absolute atomic E-state index is 0.316. The molecule has 2 aliphatic rings. The highest BCUT2D eigenvalue weighted by Crippen LogP contribution is 2.30. The van der Waals surface area contributed by atoms with Gasteiger partial charge in [-0.25, -0.2) is 0 Å². The minimum atomic E-state index is 0.316. The molecule has 4 nitrogen and oxygen atoms in total. The van der Waals surface area contributed by atoms with E-state index < -0.39 is 0 Å². The van der Waals surface area contributed by atoms with E-state index in [9.17, 15) is 0 Å². The van der Waals surface area contributed by atoms with Crippen LogP contribution in [0.5, 0.6) is 0 Å². The summed E-state index contributed by atoms with van der Waals surface area (Å²) in [5.74, 6) is 0.875. The summed E-state index contributed by atoms with van der Waals surface area (Å²) in [5.41, 5.74) is 2.01. The summed E-state index contributed by atoms with van der Waals surface area (Å²) in [6.45, 7) is 6.02. The molecule has 1 aromatic rings. The Morgan fingerprint density at radius 3 is 2.68 bits per heavy atom. The molecule has 1 heterocycles. The molecule has 1 unspecified atom stereocenters. The second-order valence-corrected chi connectivity index (χ2v) is 6.70. The monoisotopic (exact) mass is 299 g/mol. The second kappa shape index (κ2) is 7.23. The summed E-state index contributed by atoms with van der Waals surface area (Å²) < 4.78 is 5.93. The van der Waals surface area contributed by atoms with Gasteiger partial charge in [-0.2, -0.15) is 5.26 Å². The molecule has 0 spiro atoms. The highest BCUT2D eigenvalue weighted by Gasteiger charge is 2.27. The summed E-state index contributed by atoms with van der Waals surface area (Å²) >= 11 is 0. The normalized spacial score (nSPS) is 22.7. The summed E-state index contributed by atoms with van der Waals surface area (Å²) in [6, 6.07) is 10.2. The van der Waals surface area contributed by atoms with Crippen molar-refractivity contribution in [3.8, 4) is 6.07 Å². The van der Waals surface area contributed by atoms with Gasteiger partial charge < -0.3 is 9.64 Å². The predicted molar refractivity (Wildman–Crippen MR) is 86.4 cm³/mol. The van der Waals surface area contributed by atoms with Crippen LogP contribution < -0.4 is 0 Å². The van der Waals surface area contributed by atoms with Crippen LogP contribution in [-0.4, -0.2) is 55.7 Å². The van der Waals surface area contributed by atoms with Crippen molar-refractivity contribution >= 4 is 0 Å². The third-order valence-corrected chi connectivity index (χ3v) is 4.51. The van der Waals surface area contributed by atoms with Gasteiger partial charge in [-0.3, -0.25) is 4.90 Å². The summed E-state index contributed by atoms with van der Waals surface area (Å²) in [5, 5.41) is 8.90. The van der Waals surface area contributed by atoms with E-state index in [4.69, 9.17) is 10.00 Å². The first kappa shape index (κ1) is 15.5. The van der Waals surface area contributed by atoms with E-state index in [1.54, 1.807) is 0 Å². The standard InChI is InChI=1S/C18H25N3O/c1-20-8-9-22-18(13-20)14-21(12-17-6-7-17)11-16-4-2-15(10-19)3-5-16/h2-5,17-18H,6-9,11-14H2,1H3. The Bertz CT molecular complexity index is 518. The van der Waals surface area contributed by atoms with Gasteiger partial charge in [0.15, 0.2) is 0 Å². The van der Waals surface area contributed by atoms with Crippen LogP contribution in [-0.2, 0) is 11.3 Å². The number of likely N-dealkylation sites (N-methyl/N-ethyl adjacent to an activating group) is 1. The van der Waals surface area contributed by atoms with Gasteiger partial charge in [0.25, 0.3) is 0 Å².